The van der Waals surface area contributed by atoms with Gasteiger partial charge in [-0.2, -0.15) is 30.9 Å². The Hall–Kier alpha value is -5.29. The first-order valence-corrected chi connectivity index (χ1v) is 17.0. The van der Waals surface area contributed by atoms with Gasteiger partial charge in [0, 0.05) is 69.8 Å². The molecule has 5 heterocycles. The van der Waals surface area contributed by atoms with Gasteiger partial charge in [-0.3, -0.25) is 0 Å². The topological polar surface area (TPSA) is 28.2 Å². The Balaban J connectivity index is 0.00000349. The van der Waals surface area contributed by atoms with Crippen molar-refractivity contribution in [3.63, 3.8) is 0 Å². The molecule has 0 N–H and O–H groups in total. The van der Waals surface area contributed by atoms with Crippen LogP contribution in [0, 0.1) is 18.8 Å². The molecule has 1 aliphatic rings. The minimum absolute atomic E-state index is 0. The fourth-order valence-electron chi connectivity index (χ4n) is 7.74. The summed E-state index contributed by atoms with van der Waals surface area (Å²) in [7, 11) is 0. The predicted molar refractivity (Wildman–Crippen MR) is 203 cm³/mol. The maximum absolute atomic E-state index is 8.10. The van der Waals surface area contributed by atoms with Crippen LogP contribution in [-0.2, 0) is 21.1 Å². The van der Waals surface area contributed by atoms with Gasteiger partial charge in [0.25, 0.3) is 0 Å². The Morgan fingerprint density at radius 2 is 1.26 bits per heavy atom. The van der Waals surface area contributed by atoms with E-state index in [1.165, 1.54) is 26.6 Å². The second-order valence-electron chi connectivity index (χ2n) is 12.4. The van der Waals surface area contributed by atoms with E-state index >= 15 is 0 Å². The number of rotatable bonds is 3. The zero-order valence-electron chi connectivity index (χ0n) is 29.2. The first-order valence-electron chi connectivity index (χ1n) is 17.6. The number of nitrogens with zero attached hydrogens (tertiary/aromatic N) is 5. The molecule has 0 saturated carbocycles. The molecule has 0 radical (unpaired) electrons. The fraction of sp³-hybridized carbons (Fsp3) is 0.0233. The normalized spacial score (nSPS) is 14.2. The van der Waals surface area contributed by atoms with Crippen LogP contribution in [-0.4, -0.2) is 20.8 Å². The third-order valence-corrected chi connectivity index (χ3v) is 10.7. The summed E-state index contributed by atoms with van der Waals surface area (Å²) in [5.74, 6) is 0. The van der Waals surface area contributed by atoms with Crippen LogP contribution < -0.4 is 9.80 Å². The molecule has 0 amide bonds. The smallest absolute Gasteiger partial charge is 0.160 e. The van der Waals surface area contributed by atoms with Gasteiger partial charge >= 0.3 is 0 Å². The second-order valence-corrected chi connectivity index (χ2v) is 13.5. The van der Waals surface area contributed by atoms with Gasteiger partial charge in [0.1, 0.15) is 0 Å². The number of fused-ring (bicyclic) bond motifs is 11. The van der Waals surface area contributed by atoms with E-state index in [0.29, 0.717) is 5.69 Å². The Morgan fingerprint density at radius 1 is 0.600 bits per heavy atom. The van der Waals surface area contributed by atoms with Gasteiger partial charge in [0.2, 0.25) is 0 Å². The average molecular weight is 843 g/mol. The summed E-state index contributed by atoms with van der Waals surface area (Å²) >= 11 is 1.58. The third-order valence-electron chi connectivity index (χ3n) is 9.74. The van der Waals surface area contributed by atoms with Crippen LogP contribution in [0.25, 0.3) is 65.5 Å². The van der Waals surface area contributed by atoms with E-state index in [9.17, 15) is 0 Å². The van der Waals surface area contributed by atoms with Crippen LogP contribution in [0.5, 0.6) is 0 Å². The van der Waals surface area contributed by atoms with E-state index in [4.69, 9.17) is 9.10 Å². The first-order chi connectivity index (χ1) is 25.4. The monoisotopic (exact) mass is 842 g/mol. The second kappa shape index (κ2) is 11.1. The Labute approximate surface area is 310 Å². The van der Waals surface area contributed by atoms with Crippen molar-refractivity contribution in [1.29, 1.82) is 0 Å². The summed E-state index contributed by atoms with van der Waals surface area (Å²) in [6.45, 7) is -0.670. The summed E-state index contributed by atoms with van der Waals surface area (Å²) in [4.78, 5) is 10.1. The predicted octanol–water partition coefficient (Wildman–Crippen LogP) is 10.8. The van der Waals surface area contributed by atoms with Gasteiger partial charge in [-0.15, -0.1) is 50.8 Å². The molecular formula is C43H26N5PtS-3. The van der Waals surface area contributed by atoms with Crippen molar-refractivity contribution in [2.45, 2.75) is 9.79 Å². The molecule has 50 heavy (non-hydrogen) atoms. The number of hydrogen-bond donors (Lipinski definition) is 0. The summed E-state index contributed by atoms with van der Waals surface area (Å²) in [5, 5.41) is 7.01. The summed E-state index contributed by atoms with van der Waals surface area (Å²) in [6, 6.07) is 51.1. The van der Waals surface area contributed by atoms with Crippen molar-refractivity contribution in [2.75, 3.05) is 16.8 Å². The third kappa shape index (κ3) is 4.09. The van der Waals surface area contributed by atoms with E-state index in [1.807, 2.05) is 59.6 Å². The molecule has 1 aliphatic heterocycles. The van der Waals surface area contributed by atoms with Gasteiger partial charge in [0.15, 0.2) is 5.65 Å². The quantitative estimate of drug-likeness (QED) is 0.166. The van der Waals surface area contributed by atoms with Crippen LogP contribution in [0.3, 0.4) is 0 Å². The maximum Gasteiger partial charge on any atom is 0.160 e. The maximum atomic E-state index is 8.10. The van der Waals surface area contributed by atoms with E-state index in [2.05, 4.69) is 99.8 Å². The van der Waals surface area contributed by atoms with Crippen LogP contribution in [0.15, 0.2) is 143 Å². The summed E-state index contributed by atoms with van der Waals surface area (Å²) in [5.41, 5.74) is 8.43. The Morgan fingerprint density at radius 3 is 2.10 bits per heavy atom. The van der Waals surface area contributed by atoms with Crippen LogP contribution in [0.4, 0.5) is 17.1 Å². The summed E-state index contributed by atoms with van der Waals surface area (Å²) in [6.07, 6.45) is 1.87. The molecule has 6 aromatic carbocycles. The zero-order valence-corrected chi connectivity index (χ0v) is 29.3. The largest absolute Gasteiger partial charge is 0.504 e. The van der Waals surface area contributed by atoms with E-state index in [1.54, 1.807) is 18.4 Å². The van der Waals surface area contributed by atoms with Crippen molar-refractivity contribution >= 4 is 94.4 Å². The Kier molecular flexibility index (Phi) is 5.90. The van der Waals surface area contributed by atoms with E-state index in [-0.39, 0.29) is 21.1 Å². The number of para-hydroxylation sites is 5. The molecule has 5 nitrogen and oxygen atoms in total. The van der Waals surface area contributed by atoms with Crippen LogP contribution in [0.1, 0.15) is 4.11 Å². The van der Waals surface area contributed by atoms with Crippen molar-refractivity contribution < 1.29 is 25.2 Å². The molecule has 242 valence electrons. The molecule has 11 rings (SSSR count). The molecule has 0 fully saturated rings. The molecule has 4 aromatic heterocycles. The molecule has 7 heteroatoms. The van der Waals surface area contributed by atoms with Gasteiger partial charge in [0.05, 0.1) is 16.6 Å². The zero-order chi connectivity index (χ0) is 34.7. The van der Waals surface area contributed by atoms with Gasteiger partial charge in [-0.25, -0.2) is 4.98 Å². The molecule has 0 aliphatic carbocycles. The average Bonchev–Trinajstić information content (AvgIpc) is 3.83. The van der Waals surface area contributed by atoms with Crippen molar-refractivity contribution in [1.82, 2.24) is 13.8 Å². The SMILES string of the molecule is [2H]C([2H])([2H])N1[CH-]N(c2[c-]c(Sc3[c-]c4c(cc3)c3cccc5c6cccc7c8ccccc8n(c8cccnc8n4c35)c76)ccc2)c2ccccc21.[Pt]. The minimum Gasteiger partial charge on any atom is -0.504 e. The fourth-order valence-corrected chi connectivity index (χ4v) is 8.56. The molecule has 0 unspecified atom stereocenters. The Bertz CT molecular complexity index is 3120. The minimum atomic E-state index is -2.31. The van der Waals surface area contributed by atoms with E-state index < -0.39 is 6.98 Å². The summed E-state index contributed by atoms with van der Waals surface area (Å²) < 4.78 is 29.0. The molecule has 0 atom stereocenters. The van der Waals surface area contributed by atoms with Crippen LogP contribution in [0.2, 0.25) is 0 Å². The standard InChI is InChI=1S/C43H26N5S.Pt/c1-45-26-46(38-19-5-4-18-37(38)45)27-10-6-11-28(24-27)49-29-21-22-31-33-14-8-16-35-34-15-7-13-32-30-12-2-3-17-36(30)47(41(32)34)39-20-9-23-44-43(39)48(42(33)35)40(31)25-29;/h2-23,26H,1H3;/q-3;/i1D3;. The molecule has 0 saturated heterocycles. The van der Waals surface area contributed by atoms with Crippen molar-refractivity contribution in [3.8, 4) is 0 Å². The van der Waals surface area contributed by atoms with Gasteiger partial charge < -0.3 is 18.6 Å². The number of hydrogen-bond acceptors (Lipinski definition) is 4. The molecule has 10 aromatic rings. The van der Waals surface area contributed by atoms with Gasteiger partial charge in [-0.1, -0.05) is 72.2 Å². The number of benzene rings is 6. The van der Waals surface area contributed by atoms with Crippen molar-refractivity contribution in [2.24, 2.45) is 0 Å². The molecule has 0 spiro atoms. The van der Waals surface area contributed by atoms with E-state index in [0.717, 1.165) is 65.0 Å². The number of pyridine rings is 1. The van der Waals surface area contributed by atoms with Crippen molar-refractivity contribution in [3.05, 3.63) is 152 Å². The molecular weight excluding hydrogens is 814 g/mol. The number of aromatic nitrogens is 3. The first kappa shape index (κ1) is 26.6. The molecule has 0 bridgehead atoms. The van der Waals surface area contributed by atoms with Gasteiger partial charge in [-0.05, 0) is 42.7 Å². The van der Waals surface area contributed by atoms with Crippen LogP contribution >= 0.6 is 11.8 Å². The number of anilines is 3.